The molecular weight excluding hydrogens is 307 g/mol. The Bertz CT molecular complexity index is 624. The third-order valence-corrected chi connectivity index (χ3v) is 3.05. The fourth-order valence-electron chi connectivity index (χ4n) is 2.13. The first kappa shape index (κ1) is 15.9. The third kappa shape index (κ3) is 2.90. The second-order valence-electron chi connectivity index (χ2n) is 4.47. The predicted molar refractivity (Wildman–Crippen MR) is 66.1 cm³/mol. The van der Waals surface area contributed by atoms with Crippen LogP contribution in [0.5, 0.6) is 0 Å². The van der Waals surface area contributed by atoms with Crippen molar-refractivity contribution in [3.8, 4) is 0 Å². The summed E-state index contributed by atoms with van der Waals surface area (Å²) in [6.07, 6.45) is -4.18. The molecule has 0 saturated carbocycles. The fourth-order valence-corrected chi connectivity index (χ4v) is 2.13. The van der Waals surface area contributed by atoms with Crippen LogP contribution in [0.2, 0.25) is 0 Å². The van der Waals surface area contributed by atoms with E-state index in [4.69, 9.17) is 9.84 Å². The quantitative estimate of drug-likeness (QED) is 0.858. The van der Waals surface area contributed by atoms with Gasteiger partial charge in [0.1, 0.15) is 6.61 Å². The zero-order valence-corrected chi connectivity index (χ0v) is 11.3. The Kier molecular flexibility index (Phi) is 4.11. The van der Waals surface area contributed by atoms with Gasteiger partial charge in [0.2, 0.25) is 5.82 Å². The van der Waals surface area contributed by atoms with Gasteiger partial charge in [-0.15, -0.1) is 0 Å². The molecule has 0 saturated heterocycles. The van der Waals surface area contributed by atoms with E-state index in [0.717, 1.165) is 9.47 Å². The predicted octanol–water partition coefficient (Wildman–Crippen LogP) is 1.74. The molecule has 0 bridgehead atoms. The number of carbonyl (C=O) groups excluding carboxylic acids is 1. The normalized spacial score (nSPS) is 14.4. The number of nitrogens with zero attached hydrogens (tertiary/aromatic N) is 3. The van der Waals surface area contributed by atoms with Gasteiger partial charge < -0.3 is 19.3 Å². The number of carbonyl (C=O) groups is 2. The molecule has 0 radical (unpaired) electrons. The minimum Gasteiger partial charge on any atom is -0.476 e. The Morgan fingerprint density at radius 2 is 2.09 bits per heavy atom. The van der Waals surface area contributed by atoms with Crippen LogP contribution in [-0.2, 0) is 24.0 Å². The van der Waals surface area contributed by atoms with Crippen molar-refractivity contribution in [1.29, 1.82) is 0 Å². The zero-order valence-electron chi connectivity index (χ0n) is 11.3. The molecule has 0 spiro atoms. The molecule has 120 valence electrons. The molecule has 0 atom stereocenters. The van der Waals surface area contributed by atoms with Crippen molar-refractivity contribution in [1.82, 2.24) is 14.5 Å². The molecule has 0 aromatic carbocycles. The largest absolute Gasteiger partial charge is 0.476 e. The molecule has 1 N–H and O–H groups in total. The van der Waals surface area contributed by atoms with Crippen molar-refractivity contribution >= 4 is 12.1 Å². The first-order chi connectivity index (χ1) is 10.3. The molecule has 1 aliphatic rings. The lowest BCUT2D eigenvalue weighted by atomic mass is 10.2. The summed E-state index contributed by atoms with van der Waals surface area (Å²) in [5.74, 6) is -2.86. The van der Waals surface area contributed by atoms with Gasteiger partial charge in [-0.2, -0.15) is 13.2 Å². The smallest absolute Gasteiger partial charge is 0.449 e. The number of amides is 1. The highest BCUT2D eigenvalue weighted by Gasteiger charge is 2.41. The average Bonchev–Trinajstić information content (AvgIpc) is 2.83. The summed E-state index contributed by atoms with van der Waals surface area (Å²) < 4.78 is 44.2. The SMILES string of the molecule is C=CCOC(=O)N1CCn2c(C(F)(F)F)nc(C(=O)O)c2C1. The molecule has 2 rings (SSSR count). The van der Waals surface area contributed by atoms with Crippen LogP contribution in [0.15, 0.2) is 12.7 Å². The number of carboxylic acids is 1. The maximum absolute atomic E-state index is 12.9. The number of fused-ring (bicyclic) bond motifs is 1. The summed E-state index contributed by atoms with van der Waals surface area (Å²) in [6, 6.07) is 0. The van der Waals surface area contributed by atoms with E-state index in [9.17, 15) is 22.8 Å². The van der Waals surface area contributed by atoms with Crippen LogP contribution in [0.25, 0.3) is 0 Å². The van der Waals surface area contributed by atoms with Gasteiger partial charge in [-0.25, -0.2) is 14.6 Å². The molecule has 1 aromatic rings. The van der Waals surface area contributed by atoms with E-state index in [1.54, 1.807) is 0 Å². The first-order valence-corrected chi connectivity index (χ1v) is 6.18. The number of ether oxygens (including phenoxy) is 1. The molecule has 0 fully saturated rings. The van der Waals surface area contributed by atoms with E-state index in [0.29, 0.717) is 0 Å². The Morgan fingerprint density at radius 3 is 2.64 bits per heavy atom. The monoisotopic (exact) mass is 319 g/mol. The summed E-state index contributed by atoms with van der Waals surface area (Å²) >= 11 is 0. The highest BCUT2D eigenvalue weighted by Crippen LogP contribution is 2.32. The Labute approximate surface area is 122 Å². The molecule has 2 heterocycles. The van der Waals surface area contributed by atoms with Gasteiger partial charge in [0.15, 0.2) is 5.69 Å². The highest BCUT2D eigenvalue weighted by molar-refractivity contribution is 5.87. The van der Waals surface area contributed by atoms with Crippen molar-refractivity contribution in [3.05, 3.63) is 29.9 Å². The molecule has 10 heteroatoms. The first-order valence-electron chi connectivity index (χ1n) is 6.18. The Balaban J connectivity index is 2.34. The van der Waals surface area contributed by atoms with Gasteiger partial charge in [-0.1, -0.05) is 12.7 Å². The van der Waals surface area contributed by atoms with Gasteiger partial charge in [0.05, 0.1) is 12.2 Å². The van der Waals surface area contributed by atoms with Crippen LogP contribution in [0.1, 0.15) is 22.0 Å². The van der Waals surface area contributed by atoms with Crippen LogP contribution >= 0.6 is 0 Å². The van der Waals surface area contributed by atoms with E-state index in [1.807, 2.05) is 0 Å². The lowest BCUT2D eigenvalue weighted by Gasteiger charge is -2.28. The average molecular weight is 319 g/mol. The Hall–Kier alpha value is -2.52. The zero-order chi connectivity index (χ0) is 16.5. The molecule has 1 aliphatic heterocycles. The van der Waals surface area contributed by atoms with Crippen molar-refractivity contribution in [2.24, 2.45) is 0 Å². The van der Waals surface area contributed by atoms with Crippen molar-refractivity contribution < 1.29 is 32.6 Å². The fraction of sp³-hybridized carbons (Fsp3) is 0.417. The number of aromatic nitrogens is 2. The molecule has 22 heavy (non-hydrogen) atoms. The second-order valence-corrected chi connectivity index (χ2v) is 4.47. The van der Waals surface area contributed by atoms with Crippen molar-refractivity contribution in [2.75, 3.05) is 13.2 Å². The maximum atomic E-state index is 12.9. The van der Waals surface area contributed by atoms with Crippen molar-refractivity contribution in [3.63, 3.8) is 0 Å². The van der Waals surface area contributed by atoms with E-state index < -0.39 is 29.8 Å². The third-order valence-electron chi connectivity index (χ3n) is 3.05. The number of carboxylic acid groups (broad SMARTS) is 1. The van der Waals surface area contributed by atoms with Crippen LogP contribution in [-0.4, -0.2) is 44.8 Å². The van der Waals surface area contributed by atoms with Gasteiger partial charge in [0.25, 0.3) is 0 Å². The molecular formula is C12H12F3N3O4. The minimum atomic E-state index is -4.77. The van der Waals surface area contributed by atoms with E-state index in [-0.39, 0.29) is 31.9 Å². The Morgan fingerprint density at radius 1 is 1.41 bits per heavy atom. The van der Waals surface area contributed by atoms with Crippen LogP contribution in [0.4, 0.5) is 18.0 Å². The van der Waals surface area contributed by atoms with Crippen LogP contribution in [0, 0.1) is 0 Å². The van der Waals surface area contributed by atoms with E-state index in [1.165, 1.54) is 6.08 Å². The van der Waals surface area contributed by atoms with Crippen LogP contribution < -0.4 is 0 Å². The molecule has 1 amide bonds. The molecule has 1 aromatic heterocycles. The number of hydrogen-bond acceptors (Lipinski definition) is 4. The van der Waals surface area contributed by atoms with Crippen molar-refractivity contribution in [2.45, 2.75) is 19.3 Å². The van der Waals surface area contributed by atoms with Gasteiger partial charge >= 0.3 is 18.2 Å². The summed E-state index contributed by atoms with van der Waals surface area (Å²) in [5, 5.41) is 9.00. The lowest BCUT2D eigenvalue weighted by molar-refractivity contribution is -0.147. The summed E-state index contributed by atoms with van der Waals surface area (Å²) in [4.78, 5) is 27.1. The summed E-state index contributed by atoms with van der Waals surface area (Å²) in [5.41, 5.74) is -0.893. The minimum absolute atomic E-state index is 0.0402. The number of imidazole rings is 1. The molecule has 7 nitrogen and oxygen atoms in total. The molecule has 0 aliphatic carbocycles. The molecule has 0 unspecified atom stereocenters. The standard InChI is InChI=1S/C12H12F3N3O4/c1-2-5-22-11(21)17-3-4-18-7(6-17)8(9(19)20)16-10(18)12(13,14)15/h2H,1,3-6H2,(H,19,20). The second kappa shape index (κ2) is 5.70. The van der Waals surface area contributed by atoms with Crippen LogP contribution in [0.3, 0.4) is 0 Å². The number of rotatable bonds is 3. The number of hydrogen-bond donors (Lipinski definition) is 1. The maximum Gasteiger partial charge on any atom is 0.449 e. The lowest BCUT2D eigenvalue weighted by Crippen LogP contribution is -2.39. The highest BCUT2D eigenvalue weighted by atomic mass is 19.4. The van der Waals surface area contributed by atoms with Gasteiger partial charge in [-0.3, -0.25) is 0 Å². The number of halogens is 3. The van der Waals surface area contributed by atoms with Gasteiger partial charge in [-0.05, 0) is 0 Å². The summed E-state index contributed by atoms with van der Waals surface area (Å²) in [7, 11) is 0. The number of aromatic carboxylic acids is 1. The number of alkyl halides is 3. The topological polar surface area (TPSA) is 84.7 Å². The van der Waals surface area contributed by atoms with E-state index in [2.05, 4.69) is 11.6 Å². The van der Waals surface area contributed by atoms with Gasteiger partial charge in [0, 0.05) is 13.1 Å². The summed E-state index contributed by atoms with van der Waals surface area (Å²) in [6.45, 7) is 2.75. The van der Waals surface area contributed by atoms with E-state index >= 15 is 0 Å².